The normalized spacial score (nSPS) is 10.9. The fourth-order valence-electron chi connectivity index (χ4n) is 2.10. The Morgan fingerprint density at radius 2 is 2.04 bits per heavy atom. The van der Waals surface area contributed by atoms with E-state index in [1.807, 2.05) is 0 Å². The highest BCUT2D eigenvalue weighted by atomic mass is 35.5. The summed E-state index contributed by atoms with van der Waals surface area (Å²) >= 11 is 5.90. The van der Waals surface area contributed by atoms with Gasteiger partial charge in [0.05, 0.1) is 11.3 Å². The van der Waals surface area contributed by atoms with Crippen LogP contribution in [0.4, 0.5) is 10.2 Å². The summed E-state index contributed by atoms with van der Waals surface area (Å²) in [7, 11) is 0. The van der Waals surface area contributed by atoms with Crippen LogP contribution in [0.2, 0.25) is 5.02 Å². The van der Waals surface area contributed by atoms with Crippen LogP contribution in [-0.2, 0) is 0 Å². The fraction of sp³-hybridized carbons (Fsp3) is 0.353. The number of anilines is 1. The molecule has 0 saturated carbocycles. The second-order valence-electron chi connectivity index (χ2n) is 5.78. The third kappa shape index (κ3) is 4.48. The van der Waals surface area contributed by atoms with E-state index in [9.17, 15) is 9.18 Å². The Labute approximate surface area is 140 Å². The van der Waals surface area contributed by atoms with Crippen molar-refractivity contribution in [3.05, 3.63) is 40.7 Å². The van der Waals surface area contributed by atoms with Gasteiger partial charge in [0.25, 0.3) is 0 Å². The highest BCUT2D eigenvalue weighted by Gasteiger charge is 2.15. The maximum Gasteiger partial charge on any atom is 0.163 e. The first kappa shape index (κ1) is 17.3. The standard InChI is InChI=1S/C17H19ClFN3O/c1-10(2)6-7-20-17-13(11(3)23)9-16(21-22-17)14-8-12(18)4-5-15(14)19/h4-5,8-10H,6-7H2,1-3H3,(H,20,22). The highest BCUT2D eigenvalue weighted by Crippen LogP contribution is 2.26. The quantitative estimate of drug-likeness (QED) is 0.784. The molecule has 0 aliphatic rings. The summed E-state index contributed by atoms with van der Waals surface area (Å²) < 4.78 is 14.0. The molecule has 0 bridgehead atoms. The van der Waals surface area contributed by atoms with Crippen LogP contribution < -0.4 is 5.32 Å². The Balaban J connectivity index is 2.35. The zero-order valence-corrected chi connectivity index (χ0v) is 14.1. The largest absolute Gasteiger partial charge is 0.368 e. The van der Waals surface area contributed by atoms with Crippen LogP contribution in [-0.4, -0.2) is 22.5 Å². The Morgan fingerprint density at radius 3 is 2.70 bits per heavy atom. The molecule has 0 fully saturated rings. The minimum atomic E-state index is -0.460. The molecule has 0 spiro atoms. The van der Waals surface area contributed by atoms with Gasteiger partial charge in [-0.2, -0.15) is 0 Å². The second kappa shape index (κ2) is 7.51. The lowest BCUT2D eigenvalue weighted by Crippen LogP contribution is -2.11. The van der Waals surface area contributed by atoms with E-state index in [1.54, 1.807) is 6.07 Å². The van der Waals surface area contributed by atoms with E-state index in [1.165, 1.54) is 25.1 Å². The van der Waals surface area contributed by atoms with E-state index >= 15 is 0 Å². The first-order chi connectivity index (χ1) is 10.9. The van der Waals surface area contributed by atoms with Gasteiger partial charge < -0.3 is 5.32 Å². The molecule has 1 heterocycles. The number of halogens is 2. The van der Waals surface area contributed by atoms with Crippen molar-refractivity contribution in [1.82, 2.24) is 10.2 Å². The van der Waals surface area contributed by atoms with Crippen LogP contribution in [0, 0.1) is 11.7 Å². The van der Waals surface area contributed by atoms with Gasteiger partial charge >= 0.3 is 0 Å². The van der Waals surface area contributed by atoms with E-state index in [2.05, 4.69) is 29.4 Å². The Kier molecular flexibility index (Phi) is 5.66. The van der Waals surface area contributed by atoms with Gasteiger partial charge in [-0.1, -0.05) is 25.4 Å². The lowest BCUT2D eigenvalue weighted by atomic mass is 10.1. The van der Waals surface area contributed by atoms with E-state index < -0.39 is 5.82 Å². The van der Waals surface area contributed by atoms with E-state index in [-0.39, 0.29) is 17.0 Å². The second-order valence-corrected chi connectivity index (χ2v) is 6.22. The minimum Gasteiger partial charge on any atom is -0.368 e. The summed E-state index contributed by atoms with van der Waals surface area (Å²) in [5.74, 6) is 0.342. The Bertz CT molecular complexity index is 719. The number of rotatable bonds is 6. The molecule has 0 aliphatic carbocycles. The maximum absolute atomic E-state index is 14.0. The number of carbonyl (C=O) groups excluding carboxylic acids is 1. The molecular formula is C17H19ClFN3O. The van der Waals surface area contributed by atoms with Gasteiger partial charge in [-0.15, -0.1) is 10.2 Å². The Hall–Kier alpha value is -2.01. The van der Waals surface area contributed by atoms with Crippen LogP contribution >= 0.6 is 11.6 Å². The van der Waals surface area contributed by atoms with E-state index in [0.29, 0.717) is 28.9 Å². The number of ketones is 1. The minimum absolute atomic E-state index is 0.157. The fourth-order valence-corrected chi connectivity index (χ4v) is 2.27. The van der Waals surface area contributed by atoms with Crippen LogP contribution in [0.1, 0.15) is 37.6 Å². The smallest absolute Gasteiger partial charge is 0.163 e. The summed E-state index contributed by atoms with van der Waals surface area (Å²) in [5.41, 5.74) is 0.893. The number of hydrogen-bond donors (Lipinski definition) is 1. The first-order valence-electron chi connectivity index (χ1n) is 7.46. The third-order valence-electron chi connectivity index (χ3n) is 3.39. The number of nitrogens with zero attached hydrogens (tertiary/aromatic N) is 2. The predicted octanol–water partition coefficient (Wildman–Crippen LogP) is 4.60. The van der Waals surface area contributed by atoms with Crippen molar-refractivity contribution in [2.45, 2.75) is 27.2 Å². The van der Waals surface area contributed by atoms with Crippen LogP contribution in [0.3, 0.4) is 0 Å². The van der Waals surface area contributed by atoms with E-state index in [0.717, 1.165) is 6.42 Å². The van der Waals surface area contributed by atoms with Crippen molar-refractivity contribution in [2.24, 2.45) is 5.92 Å². The van der Waals surface area contributed by atoms with Crippen molar-refractivity contribution < 1.29 is 9.18 Å². The monoisotopic (exact) mass is 335 g/mol. The number of hydrogen-bond acceptors (Lipinski definition) is 4. The summed E-state index contributed by atoms with van der Waals surface area (Å²) in [4.78, 5) is 11.9. The number of nitrogens with one attached hydrogen (secondary N) is 1. The van der Waals surface area contributed by atoms with Crippen LogP contribution in [0.25, 0.3) is 11.3 Å². The number of Topliss-reactive ketones (excluding diaryl/α,β-unsaturated/α-hetero) is 1. The molecule has 0 atom stereocenters. The predicted molar refractivity (Wildman–Crippen MR) is 90.4 cm³/mol. The molecule has 4 nitrogen and oxygen atoms in total. The van der Waals surface area contributed by atoms with Crippen molar-refractivity contribution in [3.63, 3.8) is 0 Å². The van der Waals surface area contributed by atoms with Crippen LogP contribution in [0.5, 0.6) is 0 Å². The van der Waals surface area contributed by atoms with Gasteiger partial charge in [-0.05, 0) is 43.5 Å². The van der Waals surface area contributed by atoms with Crippen LogP contribution in [0.15, 0.2) is 24.3 Å². The van der Waals surface area contributed by atoms with Gasteiger partial charge in [0.15, 0.2) is 11.6 Å². The average Bonchev–Trinajstić information content (AvgIpc) is 2.49. The molecule has 0 amide bonds. The van der Waals surface area contributed by atoms with Crippen molar-refractivity contribution in [3.8, 4) is 11.3 Å². The van der Waals surface area contributed by atoms with Crippen molar-refractivity contribution in [2.75, 3.05) is 11.9 Å². The van der Waals surface area contributed by atoms with Gasteiger partial charge in [0, 0.05) is 17.1 Å². The Morgan fingerprint density at radius 1 is 1.30 bits per heavy atom. The first-order valence-corrected chi connectivity index (χ1v) is 7.84. The molecule has 0 aliphatic heterocycles. The molecule has 122 valence electrons. The molecule has 2 rings (SSSR count). The molecule has 0 unspecified atom stereocenters. The molecule has 1 aromatic carbocycles. The molecule has 23 heavy (non-hydrogen) atoms. The molecule has 0 saturated heterocycles. The lowest BCUT2D eigenvalue weighted by molar-refractivity contribution is 0.101. The number of carbonyl (C=O) groups is 1. The zero-order valence-electron chi connectivity index (χ0n) is 13.4. The van der Waals surface area contributed by atoms with Gasteiger partial charge in [-0.25, -0.2) is 4.39 Å². The topological polar surface area (TPSA) is 54.9 Å². The van der Waals surface area contributed by atoms with Gasteiger partial charge in [0.1, 0.15) is 5.82 Å². The highest BCUT2D eigenvalue weighted by molar-refractivity contribution is 6.30. The number of aromatic nitrogens is 2. The van der Waals surface area contributed by atoms with Gasteiger partial charge in [0.2, 0.25) is 0 Å². The maximum atomic E-state index is 14.0. The lowest BCUT2D eigenvalue weighted by Gasteiger charge is -2.11. The SMILES string of the molecule is CC(=O)c1cc(-c2cc(Cl)ccc2F)nnc1NCCC(C)C. The number of benzene rings is 1. The van der Waals surface area contributed by atoms with Crippen molar-refractivity contribution in [1.29, 1.82) is 0 Å². The molecule has 0 radical (unpaired) electrons. The third-order valence-corrected chi connectivity index (χ3v) is 3.63. The molecular weight excluding hydrogens is 317 g/mol. The van der Waals surface area contributed by atoms with Crippen molar-refractivity contribution >= 4 is 23.2 Å². The van der Waals surface area contributed by atoms with E-state index in [4.69, 9.17) is 11.6 Å². The molecule has 2 aromatic rings. The summed E-state index contributed by atoms with van der Waals surface area (Å²) in [6.45, 7) is 6.37. The van der Waals surface area contributed by atoms with Gasteiger partial charge in [-0.3, -0.25) is 4.79 Å². The summed E-state index contributed by atoms with van der Waals surface area (Å²) in [5, 5.41) is 11.6. The molecule has 6 heteroatoms. The molecule has 1 aromatic heterocycles. The zero-order chi connectivity index (χ0) is 17.0. The molecule has 1 N–H and O–H groups in total. The average molecular weight is 336 g/mol. The summed E-state index contributed by atoms with van der Waals surface area (Å²) in [6, 6.07) is 5.74. The summed E-state index contributed by atoms with van der Waals surface area (Å²) in [6.07, 6.45) is 0.948.